The van der Waals surface area contributed by atoms with Crippen molar-refractivity contribution in [2.75, 3.05) is 19.6 Å². The highest BCUT2D eigenvalue weighted by molar-refractivity contribution is 5.83. The number of hydrogen-bond acceptors (Lipinski definition) is 2. The first kappa shape index (κ1) is 15.9. The van der Waals surface area contributed by atoms with Crippen LogP contribution in [0.2, 0.25) is 0 Å². The Bertz CT molecular complexity index is 452. The standard InChI is InChI=1S/C14H20FN3O2/c1-2-8-16-13(19)10-18-14(20)17-9-7-11-5-3-4-6-12(11)15/h3-6H,2,7-10H2,1H3,(H,16,19)(H2,17,18,20). The largest absolute Gasteiger partial charge is 0.355 e. The maximum atomic E-state index is 13.3. The van der Waals surface area contributed by atoms with E-state index in [2.05, 4.69) is 16.0 Å². The molecule has 1 rings (SSSR count). The molecular formula is C14H20FN3O2. The monoisotopic (exact) mass is 281 g/mol. The van der Waals surface area contributed by atoms with Crippen LogP contribution in [0.3, 0.4) is 0 Å². The van der Waals surface area contributed by atoms with Crippen molar-refractivity contribution in [3.05, 3.63) is 35.6 Å². The molecule has 0 radical (unpaired) electrons. The Hall–Kier alpha value is -2.11. The van der Waals surface area contributed by atoms with Crippen molar-refractivity contribution in [3.8, 4) is 0 Å². The van der Waals surface area contributed by atoms with Crippen LogP contribution in [0, 0.1) is 5.82 Å². The average molecular weight is 281 g/mol. The van der Waals surface area contributed by atoms with E-state index in [-0.39, 0.29) is 18.3 Å². The molecule has 110 valence electrons. The van der Waals surface area contributed by atoms with E-state index in [4.69, 9.17) is 0 Å². The molecule has 0 heterocycles. The molecule has 0 aliphatic heterocycles. The van der Waals surface area contributed by atoms with Gasteiger partial charge in [0, 0.05) is 13.1 Å². The van der Waals surface area contributed by atoms with Crippen LogP contribution in [0.15, 0.2) is 24.3 Å². The normalized spacial score (nSPS) is 9.90. The van der Waals surface area contributed by atoms with Crippen LogP contribution in [-0.4, -0.2) is 31.6 Å². The van der Waals surface area contributed by atoms with Crippen molar-refractivity contribution in [1.82, 2.24) is 16.0 Å². The number of carbonyl (C=O) groups excluding carboxylic acids is 2. The highest BCUT2D eigenvalue weighted by Gasteiger charge is 2.05. The summed E-state index contributed by atoms with van der Waals surface area (Å²) in [6.07, 6.45) is 1.25. The van der Waals surface area contributed by atoms with E-state index in [0.29, 0.717) is 25.1 Å². The molecule has 0 fully saturated rings. The average Bonchev–Trinajstić information content (AvgIpc) is 2.45. The highest BCUT2D eigenvalue weighted by atomic mass is 19.1. The van der Waals surface area contributed by atoms with Crippen LogP contribution < -0.4 is 16.0 Å². The SMILES string of the molecule is CCCNC(=O)CNC(=O)NCCc1ccccc1F. The van der Waals surface area contributed by atoms with Crippen molar-refractivity contribution in [3.63, 3.8) is 0 Å². The van der Waals surface area contributed by atoms with E-state index < -0.39 is 6.03 Å². The van der Waals surface area contributed by atoms with Gasteiger partial charge in [-0.15, -0.1) is 0 Å². The summed E-state index contributed by atoms with van der Waals surface area (Å²) in [5.41, 5.74) is 0.550. The zero-order valence-electron chi connectivity index (χ0n) is 11.5. The fourth-order valence-corrected chi connectivity index (χ4v) is 1.56. The molecule has 5 nitrogen and oxygen atoms in total. The fourth-order valence-electron chi connectivity index (χ4n) is 1.56. The van der Waals surface area contributed by atoms with Crippen LogP contribution >= 0.6 is 0 Å². The number of rotatable bonds is 7. The zero-order valence-corrected chi connectivity index (χ0v) is 11.5. The molecule has 0 saturated carbocycles. The molecule has 0 aliphatic carbocycles. The Kier molecular flexibility index (Phi) is 7.10. The summed E-state index contributed by atoms with van der Waals surface area (Å²) in [6.45, 7) is 2.79. The quantitative estimate of drug-likeness (QED) is 0.702. The van der Waals surface area contributed by atoms with Gasteiger partial charge in [-0.2, -0.15) is 0 Å². The Morgan fingerprint density at radius 2 is 1.85 bits per heavy atom. The molecule has 0 saturated heterocycles. The molecule has 3 N–H and O–H groups in total. The van der Waals surface area contributed by atoms with Crippen molar-refractivity contribution in [2.45, 2.75) is 19.8 Å². The van der Waals surface area contributed by atoms with E-state index in [0.717, 1.165) is 6.42 Å². The molecule has 0 spiro atoms. The number of urea groups is 1. The minimum absolute atomic E-state index is 0.0640. The number of hydrogen-bond donors (Lipinski definition) is 3. The second-order valence-electron chi connectivity index (χ2n) is 4.30. The highest BCUT2D eigenvalue weighted by Crippen LogP contribution is 2.05. The third-order valence-electron chi connectivity index (χ3n) is 2.62. The summed E-state index contributed by atoms with van der Waals surface area (Å²) in [5, 5.41) is 7.66. The van der Waals surface area contributed by atoms with E-state index in [1.165, 1.54) is 6.07 Å². The molecule has 20 heavy (non-hydrogen) atoms. The third-order valence-corrected chi connectivity index (χ3v) is 2.62. The third kappa shape index (κ3) is 6.17. The van der Waals surface area contributed by atoms with Gasteiger partial charge in [-0.05, 0) is 24.5 Å². The molecule has 0 unspecified atom stereocenters. The number of benzene rings is 1. The number of carbonyl (C=O) groups is 2. The molecule has 3 amide bonds. The smallest absolute Gasteiger partial charge is 0.315 e. The van der Waals surface area contributed by atoms with Gasteiger partial charge < -0.3 is 16.0 Å². The van der Waals surface area contributed by atoms with Gasteiger partial charge in [0.15, 0.2) is 0 Å². The van der Waals surface area contributed by atoms with Crippen LogP contribution in [0.25, 0.3) is 0 Å². The van der Waals surface area contributed by atoms with Crippen molar-refractivity contribution in [2.24, 2.45) is 0 Å². The summed E-state index contributed by atoms with van der Waals surface area (Å²) >= 11 is 0. The van der Waals surface area contributed by atoms with E-state index in [9.17, 15) is 14.0 Å². The second kappa shape index (κ2) is 8.90. The van der Waals surface area contributed by atoms with Gasteiger partial charge in [-0.3, -0.25) is 4.79 Å². The lowest BCUT2D eigenvalue weighted by Crippen LogP contribution is -2.42. The summed E-state index contributed by atoms with van der Waals surface area (Å²) in [5.74, 6) is -0.509. The van der Waals surface area contributed by atoms with Gasteiger partial charge in [-0.1, -0.05) is 25.1 Å². The Labute approximate surface area is 117 Å². The lowest BCUT2D eigenvalue weighted by Gasteiger charge is -2.08. The lowest BCUT2D eigenvalue weighted by molar-refractivity contribution is -0.120. The van der Waals surface area contributed by atoms with Crippen LogP contribution in [0.1, 0.15) is 18.9 Å². The van der Waals surface area contributed by atoms with E-state index in [1.54, 1.807) is 18.2 Å². The van der Waals surface area contributed by atoms with Gasteiger partial charge in [-0.25, -0.2) is 9.18 Å². The van der Waals surface area contributed by atoms with Crippen molar-refractivity contribution >= 4 is 11.9 Å². The predicted octanol–water partition coefficient (Wildman–Crippen LogP) is 1.19. The minimum Gasteiger partial charge on any atom is -0.355 e. The second-order valence-corrected chi connectivity index (χ2v) is 4.30. The lowest BCUT2D eigenvalue weighted by atomic mass is 10.1. The van der Waals surface area contributed by atoms with E-state index >= 15 is 0 Å². The number of nitrogens with one attached hydrogen (secondary N) is 3. The molecule has 1 aromatic carbocycles. The predicted molar refractivity (Wildman–Crippen MR) is 74.8 cm³/mol. The first-order valence-electron chi connectivity index (χ1n) is 6.65. The van der Waals surface area contributed by atoms with Gasteiger partial charge in [0.2, 0.25) is 5.91 Å². The Balaban J connectivity index is 2.17. The molecular weight excluding hydrogens is 261 g/mol. The van der Waals surface area contributed by atoms with Crippen molar-refractivity contribution in [1.29, 1.82) is 0 Å². The molecule has 0 aromatic heterocycles. The summed E-state index contributed by atoms with van der Waals surface area (Å²) in [4.78, 5) is 22.6. The van der Waals surface area contributed by atoms with Gasteiger partial charge >= 0.3 is 6.03 Å². The number of halogens is 1. The summed E-state index contributed by atoms with van der Waals surface area (Å²) < 4.78 is 13.3. The Morgan fingerprint density at radius 1 is 1.10 bits per heavy atom. The molecule has 1 aromatic rings. The van der Waals surface area contributed by atoms with E-state index in [1.807, 2.05) is 6.92 Å². The summed E-state index contributed by atoms with van der Waals surface area (Å²) in [7, 11) is 0. The van der Waals surface area contributed by atoms with Crippen LogP contribution in [0.4, 0.5) is 9.18 Å². The van der Waals surface area contributed by atoms with Gasteiger partial charge in [0.05, 0.1) is 6.54 Å². The maximum absolute atomic E-state index is 13.3. The van der Waals surface area contributed by atoms with Crippen LogP contribution in [0.5, 0.6) is 0 Å². The first-order chi connectivity index (χ1) is 9.63. The Morgan fingerprint density at radius 3 is 2.55 bits per heavy atom. The fraction of sp³-hybridized carbons (Fsp3) is 0.429. The molecule has 6 heteroatoms. The maximum Gasteiger partial charge on any atom is 0.315 e. The minimum atomic E-state index is -0.437. The number of amides is 3. The topological polar surface area (TPSA) is 70.2 Å². The first-order valence-corrected chi connectivity index (χ1v) is 6.65. The zero-order chi connectivity index (χ0) is 14.8. The molecule has 0 atom stereocenters. The van der Waals surface area contributed by atoms with Gasteiger partial charge in [0.1, 0.15) is 5.82 Å². The van der Waals surface area contributed by atoms with Crippen molar-refractivity contribution < 1.29 is 14.0 Å². The molecule has 0 aliphatic rings. The van der Waals surface area contributed by atoms with Gasteiger partial charge in [0.25, 0.3) is 0 Å². The van der Waals surface area contributed by atoms with Crippen LogP contribution in [-0.2, 0) is 11.2 Å². The summed E-state index contributed by atoms with van der Waals surface area (Å²) in [6, 6.07) is 5.98. The molecule has 0 bridgehead atoms.